The van der Waals surface area contributed by atoms with Crippen molar-refractivity contribution in [1.82, 2.24) is 14.6 Å². The van der Waals surface area contributed by atoms with E-state index < -0.39 is 28.3 Å². The van der Waals surface area contributed by atoms with E-state index >= 15 is 0 Å². The second-order valence-corrected chi connectivity index (χ2v) is 11.4. The number of carboxylic acid groups (broad SMARTS) is 1. The number of nitrogens with two attached hydrogens (primary N) is 1. The summed E-state index contributed by atoms with van der Waals surface area (Å²) in [6.07, 6.45) is -0.728. The molecule has 0 saturated carbocycles. The highest BCUT2D eigenvalue weighted by molar-refractivity contribution is 7.89. The number of carbonyl (C=O) groups is 1. The molecule has 3 aromatic rings. The van der Waals surface area contributed by atoms with Gasteiger partial charge in [-0.25, -0.2) is 13.2 Å². The van der Waals surface area contributed by atoms with Crippen molar-refractivity contribution in [2.45, 2.75) is 43.9 Å². The molecule has 38 heavy (non-hydrogen) atoms. The predicted octanol–water partition coefficient (Wildman–Crippen LogP) is 3.16. The zero-order valence-electron chi connectivity index (χ0n) is 21.5. The van der Waals surface area contributed by atoms with E-state index in [1.54, 1.807) is 12.3 Å². The number of nitrogen functional groups attached to an aromatic ring is 1. The van der Waals surface area contributed by atoms with Crippen molar-refractivity contribution in [2.24, 2.45) is 5.92 Å². The first-order valence-electron chi connectivity index (χ1n) is 12.3. The van der Waals surface area contributed by atoms with Crippen LogP contribution in [0.25, 0.3) is 0 Å². The maximum Gasteiger partial charge on any atom is 0.404 e. The minimum atomic E-state index is -4.06. The van der Waals surface area contributed by atoms with Crippen molar-refractivity contribution in [3.05, 3.63) is 84.2 Å². The molecular weight excluding hydrogens is 506 g/mol. The number of rotatable bonds is 13. The van der Waals surface area contributed by atoms with Crippen molar-refractivity contribution >= 4 is 27.5 Å². The van der Waals surface area contributed by atoms with Crippen molar-refractivity contribution in [1.29, 1.82) is 0 Å². The number of benzene rings is 2. The molecule has 0 bridgehead atoms. The summed E-state index contributed by atoms with van der Waals surface area (Å²) >= 11 is 0. The Balaban J connectivity index is 1.84. The third kappa shape index (κ3) is 8.17. The van der Waals surface area contributed by atoms with Gasteiger partial charge in [-0.1, -0.05) is 50.2 Å². The van der Waals surface area contributed by atoms with Crippen LogP contribution in [0.4, 0.5) is 16.2 Å². The van der Waals surface area contributed by atoms with Crippen LogP contribution in [0.3, 0.4) is 0 Å². The van der Waals surface area contributed by atoms with Crippen molar-refractivity contribution in [2.75, 3.05) is 24.1 Å². The fourth-order valence-corrected chi connectivity index (χ4v) is 5.66. The van der Waals surface area contributed by atoms with Crippen LogP contribution >= 0.6 is 0 Å². The molecule has 0 aliphatic carbocycles. The Hall–Kier alpha value is -3.67. The van der Waals surface area contributed by atoms with Gasteiger partial charge < -0.3 is 26.6 Å². The van der Waals surface area contributed by atoms with Gasteiger partial charge in [0.25, 0.3) is 0 Å². The van der Waals surface area contributed by atoms with E-state index in [0.29, 0.717) is 17.9 Å². The van der Waals surface area contributed by atoms with Gasteiger partial charge >= 0.3 is 6.09 Å². The number of pyridine rings is 1. The number of aliphatic hydroxyl groups is 1. The normalized spacial score (nSPS) is 13.3. The lowest BCUT2D eigenvalue weighted by Crippen LogP contribution is -2.50. The van der Waals surface area contributed by atoms with E-state index in [1.807, 2.05) is 56.3 Å². The number of nitrogens with one attached hydrogen (secondary N) is 2. The number of hydrogen-bond donors (Lipinski definition) is 5. The average Bonchev–Trinajstić information content (AvgIpc) is 2.88. The molecule has 0 radical (unpaired) electrons. The molecule has 10 nitrogen and oxygen atoms in total. The number of amides is 1. The van der Waals surface area contributed by atoms with Crippen LogP contribution in [0.2, 0.25) is 0 Å². The predicted molar refractivity (Wildman–Crippen MR) is 147 cm³/mol. The number of aliphatic hydroxyl groups excluding tert-OH is 1. The summed E-state index contributed by atoms with van der Waals surface area (Å²) in [5.74, 6) is -0.0486. The van der Waals surface area contributed by atoms with Crippen LogP contribution in [0.5, 0.6) is 0 Å². The van der Waals surface area contributed by atoms with Gasteiger partial charge in [0.15, 0.2) is 0 Å². The van der Waals surface area contributed by atoms with Gasteiger partial charge in [-0.2, -0.15) is 4.31 Å². The molecule has 3 rings (SSSR count). The maximum atomic E-state index is 13.7. The Morgan fingerprint density at radius 3 is 2.39 bits per heavy atom. The van der Waals surface area contributed by atoms with E-state index in [2.05, 4.69) is 15.6 Å². The fourth-order valence-electron chi connectivity index (χ4n) is 4.01. The number of nitrogens with zero attached hydrogens (tertiary/aromatic N) is 2. The highest BCUT2D eigenvalue weighted by Gasteiger charge is 2.31. The number of sulfonamides is 1. The first-order chi connectivity index (χ1) is 18.1. The van der Waals surface area contributed by atoms with Crippen LogP contribution < -0.4 is 16.4 Å². The summed E-state index contributed by atoms with van der Waals surface area (Å²) in [6.45, 7) is 3.93. The molecule has 204 valence electrons. The van der Waals surface area contributed by atoms with Gasteiger partial charge in [0.05, 0.1) is 40.7 Å². The third-order valence-corrected chi connectivity index (χ3v) is 7.71. The number of aromatic nitrogens is 1. The zero-order chi connectivity index (χ0) is 27.7. The second kappa shape index (κ2) is 13.2. The standard InChI is InChI=1S/C27H35N5O5S/c1-19(2)17-32(18-26(33)25(31-27(34)35)14-20-8-4-3-5-9-20)38(36,37)22-11-12-23(28)24(15-22)30-16-21-10-6-7-13-29-21/h3-13,15,19,25-26,30-31,33H,14,16-18,28H2,1-2H3,(H,34,35). The average molecular weight is 542 g/mol. The van der Waals surface area contributed by atoms with E-state index in [4.69, 9.17) is 5.73 Å². The highest BCUT2D eigenvalue weighted by atomic mass is 32.2. The molecule has 2 unspecified atom stereocenters. The third-order valence-electron chi connectivity index (χ3n) is 5.88. The molecule has 2 atom stereocenters. The van der Waals surface area contributed by atoms with Gasteiger partial charge in [-0.05, 0) is 48.2 Å². The highest BCUT2D eigenvalue weighted by Crippen LogP contribution is 2.26. The Bertz CT molecular complexity index is 1290. The Morgan fingerprint density at radius 2 is 1.76 bits per heavy atom. The molecule has 1 aromatic heterocycles. The lowest BCUT2D eigenvalue weighted by atomic mass is 10.0. The molecule has 0 aliphatic heterocycles. The van der Waals surface area contributed by atoms with Crippen LogP contribution in [0, 0.1) is 5.92 Å². The van der Waals surface area contributed by atoms with Gasteiger partial charge in [-0.3, -0.25) is 4.98 Å². The summed E-state index contributed by atoms with van der Waals surface area (Å²) in [5.41, 5.74) is 8.49. The molecule has 1 heterocycles. The first-order valence-corrected chi connectivity index (χ1v) is 13.7. The molecule has 0 spiro atoms. The van der Waals surface area contributed by atoms with Gasteiger partial charge in [0.2, 0.25) is 10.0 Å². The lowest BCUT2D eigenvalue weighted by Gasteiger charge is -2.30. The molecule has 6 N–H and O–H groups in total. The van der Waals surface area contributed by atoms with Gasteiger partial charge in [0, 0.05) is 19.3 Å². The SMILES string of the molecule is CC(C)CN(CC(O)C(Cc1ccccc1)NC(=O)O)S(=O)(=O)c1ccc(N)c(NCc2ccccn2)c1. The topological polar surface area (TPSA) is 158 Å². The Morgan fingerprint density at radius 1 is 1.05 bits per heavy atom. The lowest BCUT2D eigenvalue weighted by molar-refractivity contribution is 0.0980. The molecule has 0 saturated heterocycles. The van der Waals surface area contributed by atoms with E-state index in [0.717, 1.165) is 11.3 Å². The minimum absolute atomic E-state index is 0.00822. The molecular formula is C27H35N5O5S. The second-order valence-electron chi connectivity index (χ2n) is 9.45. The largest absolute Gasteiger partial charge is 0.465 e. The zero-order valence-corrected chi connectivity index (χ0v) is 22.3. The first kappa shape index (κ1) is 28.9. The molecule has 2 aromatic carbocycles. The Labute approximate surface area is 223 Å². The van der Waals surface area contributed by atoms with Crippen molar-refractivity contribution < 1.29 is 23.4 Å². The van der Waals surface area contributed by atoms with Crippen LogP contribution in [-0.2, 0) is 23.0 Å². The summed E-state index contributed by atoms with van der Waals surface area (Å²) < 4.78 is 28.7. The van der Waals surface area contributed by atoms with Gasteiger partial charge in [0.1, 0.15) is 0 Å². The summed E-state index contributed by atoms with van der Waals surface area (Å²) in [6, 6.07) is 18.1. The maximum absolute atomic E-state index is 13.7. The number of hydrogen-bond acceptors (Lipinski definition) is 7. The van der Waals surface area contributed by atoms with Crippen molar-refractivity contribution in [3.8, 4) is 0 Å². The fraction of sp³-hybridized carbons (Fsp3) is 0.333. The van der Waals surface area contributed by atoms with E-state index in [-0.39, 0.29) is 30.3 Å². The summed E-state index contributed by atoms with van der Waals surface area (Å²) in [7, 11) is -4.06. The van der Waals surface area contributed by atoms with E-state index in [9.17, 15) is 23.4 Å². The monoisotopic (exact) mass is 541 g/mol. The summed E-state index contributed by atoms with van der Waals surface area (Å²) in [4.78, 5) is 15.7. The quantitative estimate of drug-likeness (QED) is 0.207. The molecule has 11 heteroatoms. The Kier molecular flexibility index (Phi) is 10.1. The van der Waals surface area contributed by atoms with E-state index in [1.165, 1.54) is 22.5 Å². The van der Waals surface area contributed by atoms with Crippen LogP contribution in [0.15, 0.2) is 77.8 Å². The van der Waals surface area contributed by atoms with Crippen LogP contribution in [0.1, 0.15) is 25.1 Å². The smallest absolute Gasteiger partial charge is 0.404 e. The van der Waals surface area contributed by atoms with Crippen molar-refractivity contribution in [3.63, 3.8) is 0 Å². The number of anilines is 2. The molecule has 0 fully saturated rings. The van der Waals surface area contributed by atoms with Crippen LogP contribution in [-0.4, -0.2) is 59.2 Å². The summed E-state index contributed by atoms with van der Waals surface area (Å²) in [5, 5.41) is 25.9. The molecule has 0 aliphatic rings. The van der Waals surface area contributed by atoms with Gasteiger partial charge in [-0.15, -0.1) is 0 Å². The molecule has 1 amide bonds. The minimum Gasteiger partial charge on any atom is -0.465 e.